The number of hydrogen-bond acceptors (Lipinski definition) is 5. The second-order valence-corrected chi connectivity index (χ2v) is 7.00. The first-order chi connectivity index (χ1) is 12.1. The van der Waals surface area contributed by atoms with Gasteiger partial charge in [0.05, 0.1) is 18.3 Å². The summed E-state index contributed by atoms with van der Waals surface area (Å²) < 4.78 is 6.90. The molecule has 0 amide bonds. The number of carboxylic acids is 1. The van der Waals surface area contributed by atoms with Crippen LogP contribution in [0.5, 0.6) is 0 Å². The van der Waals surface area contributed by atoms with Crippen molar-refractivity contribution in [2.24, 2.45) is 17.8 Å². The van der Waals surface area contributed by atoms with Crippen molar-refractivity contribution >= 4 is 11.8 Å². The van der Waals surface area contributed by atoms with Crippen LogP contribution in [0, 0.1) is 24.7 Å². The number of nitrogens with zero attached hydrogens (tertiary/aromatic N) is 4. The number of hydrogen-bond donors (Lipinski definition) is 1. The molecule has 25 heavy (non-hydrogen) atoms. The van der Waals surface area contributed by atoms with Crippen LogP contribution in [0.4, 0.5) is 5.82 Å². The quantitative estimate of drug-likeness (QED) is 0.860. The minimum atomic E-state index is -0.962. The number of carboxylic acid groups (broad SMARTS) is 1. The summed E-state index contributed by atoms with van der Waals surface area (Å²) in [5, 5.41) is 13.1. The molecule has 2 aliphatic rings. The Bertz CT molecular complexity index is 791. The number of rotatable bonds is 6. The van der Waals surface area contributed by atoms with Crippen molar-refractivity contribution in [3.63, 3.8) is 0 Å². The van der Waals surface area contributed by atoms with E-state index >= 15 is 0 Å². The van der Waals surface area contributed by atoms with Gasteiger partial charge in [0.15, 0.2) is 0 Å². The highest BCUT2D eigenvalue weighted by molar-refractivity contribution is 5.86. The molecule has 2 fully saturated rings. The zero-order valence-electron chi connectivity index (χ0n) is 14.4. The van der Waals surface area contributed by atoms with E-state index in [1.165, 1.54) is 6.20 Å². The summed E-state index contributed by atoms with van der Waals surface area (Å²) in [6.45, 7) is 5.51. The normalized spacial score (nSPS) is 24.4. The first-order valence-corrected chi connectivity index (χ1v) is 8.53. The second kappa shape index (κ2) is 6.15. The third kappa shape index (κ3) is 3.00. The highest BCUT2D eigenvalue weighted by Gasteiger charge is 2.55. The standard InChI is InChI=1S/C18H22N4O3/c1-11-12(6-22-7-13(5-19-22)18(23)24)3-4-17(20-11)21-8-14-15(9-21)16(14)10-25-2/h3-5,7,14-16H,6,8-10H2,1-2H3,(H,23,24)/t14-,15+,16?. The monoisotopic (exact) mass is 342 g/mol. The van der Waals surface area contributed by atoms with Crippen molar-refractivity contribution in [3.8, 4) is 0 Å². The molecular weight excluding hydrogens is 320 g/mol. The van der Waals surface area contributed by atoms with Crippen LogP contribution in [-0.2, 0) is 11.3 Å². The number of carbonyl (C=O) groups is 1. The van der Waals surface area contributed by atoms with Gasteiger partial charge in [-0.25, -0.2) is 9.78 Å². The Morgan fingerprint density at radius 3 is 2.72 bits per heavy atom. The van der Waals surface area contributed by atoms with Gasteiger partial charge in [0.25, 0.3) is 0 Å². The van der Waals surface area contributed by atoms with E-state index in [0.29, 0.717) is 6.54 Å². The van der Waals surface area contributed by atoms with E-state index < -0.39 is 5.97 Å². The lowest BCUT2D eigenvalue weighted by atomic mass is 10.2. The van der Waals surface area contributed by atoms with Gasteiger partial charge in [-0.2, -0.15) is 5.10 Å². The van der Waals surface area contributed by atoms with Crippen LogP contribution < -0.4 is 4.90 Å². The van der Waals surface area contributed by atoms with Gasteiger partial charge in [-0.3, -0.25) is 4.68 Å². The van der Waals surface area contributed by atoms with E-state index in [-0.39, 0.29) is 5.56 Å². The topological polar surface area (TPSA) is 80.5 Å². The largest absolute Gasteiger partial charge is 0.478 e. The fourth-order valence-corrected chi connectivity index (χ4v) is 3.93. The van der Waals surface area contributed by atoms with E-state index in [1.54, 1.807) is 18.0 Å². The van der Waals surface area contributed by atoms with E-state index in [4.69, 9.17) is 14.8 Å². The number of piperidine rings is 1. The summed E-state index contributed by atoms with van der Waals surface area (Å²) in [7, 11) is 1.77. The van der Waals surface area contributed by atoms with E-state index in [2.05, 4.69) is 22.1 Å². The van der Waals surface area contributed by atoms with Gasteiger partial charge in [0, 0.05) is 38.7 Å². The maximum absolute atomic E-state index is 10.9. The highest BCUT2D eigenvalue weighted by atomic mass is 16.5. The van der Waals surface area contributed by atoms with Crippen LogP contribution in [0.2, 0.25) is 0 Å². The number of pyridine rings is 1. The molecular formula is C18H22N4O3. The molecule has 0 aromatic carbocycles. The van der Waals surface area contributed by atoms with Crippen molar-refractivity contribution in [1.29, 1.82) is 0 Å². The predicted octanol–water partition coefficient (Wildman–Crippen LogP) is 1.66. The number of aryl methyl sites for hydroxylation is 1. The Balaban J connectivity index is 1.42. The first-order valence-electron chi connectivity index (χ1n) is 8.53. The van der Waals surface area contributed by atoms with Gasteiger partial charge in [-0.05, 0) is 36.3 Å². The molecule has 1 aliphatic heterocycles. The van der Waals surface area contributed by atoms with Crippen LogP contribution in [0.25, 0.3) is 0 Å². The highest BCUT2D eigenvalue weighted by Crippen LogP contribution is 2.52. The maximum Gasteiger partial charge on any atom is 0.338 e. The molecule has 7 heteroatoms. The number of ether oxygens (including phenoxy) is 1. The predicted molar refractivity (Wildman–Crippen MR) is 91.8 cm³/mol. The first kappa shape index (κ1) is 16.1. The molecule has 0 radical (unpaired) electrons. The van der Waals surface area contributed by atoms with Gasteiger partial charge in [-0.1, -0.05) is 6.07 Å². The average molecular weight is 342 g/mol. The number of aromatic nitrogens is 3. The van der Waals surface area contributed by atoms with Crippen LogP contribution >= 0.6 is 0 Å². The molecule has 2 aromatic heterocycles. The molecule has 1 N–H and O–H groups in total. The number of fused-ring (bicyclic) bond motifs is 1. The van der Waals surface area contributed by atoms with Crippen molar-refractivity contribution in [1.82, 2.24) is 14.8 Å². The van der Waals surface area contributed by atoms with Crippen LogP contribution in [0.3, 0.4) is 0 Å². The smallest absolute Gasteiger partial charge is 0.338 e. The Hall–Kier alpha value is -2.41. The summed E-state index contributed by atoms with van der Waals surface area (Å²) in [5.41, 5.74) is 2.20. The van der Waals surface area contributed by atoms with Crippen molar-refractivity contribution in [2.75, 3.05) is 31.7 Å². The summed E-state index contributed by atoms with van der Waals surface area (Å²) in [6.07, 6.45) is 2.91. The molecule has 1 aliphatic carbocycles. The van der Waals surface area contributed by atoms with E-state index in [9.17, 15) is 4.79 Å². The van der Waals surface area contributed by atoms with Gasteiger partial charge in [0.2, 0.25) is 0 Å². The van der Waals surface area contributed by atoms with Crippen molar-refractivity contribution in [2.45, 2.75) is 13.5 Å². The van der Waals surface area contributed by atoms with Crippen LogP contribution in [0.1, 0.15) is 21.6 Å². The third-order valence-corrected chi connectivity index (χ3v) is 5.45. The number of aromatic carboxylic acids is 1. The summed E-state index contributed by atoms with van der Waals surface area (Å²) >= 11 is 0. The van der Waals surface area contributed by atoms with E-state index in [0.717, 1.165) is 54.5 Å². The van der Waals surface area contributed by atoms with Crippen LogP contribution in [-0.4, -0.2) is 52.6 Å². The minimum Gasteiger partial charge on any atom is -0.478 e. The molecule has 7 nitrogen and oxygen atoms in total. The van der Waals surface area contributed by atoms with Gasteiger partial charge >= 0.3 is 5.97 Å². The molecule has 0 spiro atoms. The van der Waals surface area contributed by atoms with Crippen molar-refractivity contribution < 1.29 is 14.6 Å². The lowest BCUT2D eigenvalue weighted by Gasteiger charge is -2.21. The van der Waals surface area contributed by atoms with Gasteiger partial charge < -0.3 is 14.7 Å². The Morgan fingerprint density at radius 1 is 1.36 bits per heavy atom. The lowest BCUT2D eigenvalue weighted by molar-refractivity contribution is 0.0697. The molecule has 132 valence electrons. The third-order valence-electron chi connectivity index (χ3n) is 5.45. The zero-order chi connectivity index (χ0) is 17.6. The Morgan fingerprint density at radius 2 is 2.12 bits per heavy atom. The summed E-state index contributed by atoms with van der Waals surface area (Å²) in [5.74, 6) is 2.29. The number of methoxy groups -OCH3 is 1. The Kier molecular flexibility index (Phi) is 3.95. The number of anilines is 1. The zero-order valence-corrected chi connectivity index (χ0v) is 14.4. The van der Waals surface area contributed by atoms with Crippen molar-refractivity contribution in [3.05, 3.63) is 41.3 Å². The van der Waals surface area contributed by atoms with E-state index in [1.807, 2.05) is 6.92 Å². The maximum atomic E-state index is 10.9. The SMILES string of the molecule is COCC1[C@H]2CN(c3ccc(Cn4cc(C(=O)O)cn4)c(C)n3)C[C@@H]12. The fourth-order valence-electron chi connectivity index (χ4n) is 3.93. The second-order valence-electron chi connectivity index (χ2n) is 7.00. The molecule has 3 heterocycles. The van der Waals surface area contributed by atoms with Gasteiger partial charge in [-0.15, -0.1) is 0 Å². The summed E-state index contributed by atoms with van der Waals surface area (Å²) in [4.78, 5) is 18.1. The molecule has 1 unspecified atom stereocenters. The fraction of sp³-hybridized carbons (Fsp3) is 0.500. The summed E-state index contributed by atoms with van der Waals surface area (Å²) in [6, 6.07) is 4.12. The minimum absolute atomic E-state index is 0.198. The lowest BCUT2D eigenvalue weighted by Crippen LogP contribution is -2.26. The molecule has 3 atom stereocenters. The molecule has 4 rings (SSSR count). The average Bonchev–Trinajstić information content (AvgIpc) is 2.99. The molecule has 1 saturated carbocycles. The molecule has 1 saturated heterocycles. The van der Waals surface area contributed by atoms with Crippen LogP contribution in [0.15, 0.2) is 24.5 Å². The van der Waals surface area contributed by atoms with Gasteiger partial charge in [0.1, 0.15) is 5.82 Å². The molecule has 2 aromatic rings. The Labute approximate surface area is 146 Å². The molecule has 0 bridgehead atoms.